The third-order valence-corrected chi connectivity index (χ3v) is 25.7. The van der Waals surface area contributed by atoms with Crippen LogP contribution in [-0.4, -0.2) is 50.6 Å². The van der Waals surface area contributed by atoms with Gasteiger partial charge in [-0.05, 0) is 0 Å². The Morgan fingerprint density at radius 3 is 2.23 bits per heavy atom. The summed E-state index contributed by atoms with van der Waals surface area (Å²) < 4.78 is 20.6. The van der Waals surface area contributed by atoms with Gasteiger partial charge < -0.3 is 0 Å². The molecule has 1 aromatic carbocycles. The fourth-order valence-electron chi connectivity index (χ4n) is 7.18. The number of halogens is 1. The van der Waals surface area contributed by atoms with Gasteiger partial charge in [0.2, 0.25) is 0 Å². The van der Waals surface area contributed by atoms with E-state index in [-0.39, 0.29) is 12.4 Å². The number of hydrogen-bond acceptors (Lipinski definition) is 3. The molecule has 2 aliphatic carbocycles. The molecule has 4 nitrogen and oxygen atoms in total. The molecule has 0 aliphatic heterocycles. The number of aromatic nitrogens is 2. The van der Waals surface area contributed by atoms with Crippen LogP contribution in [0.15, 0.2) is 45.7 Å². The van der Waals surface area contributed by atoms with E-state index in [1.165, 1.54) is 73.1 Å². The topological polar surface area (TPSA) is 58.3 Å². The molecular formula is C33H49FN2O2Sn. The molecule has 1 heterocycles. The van der Waals surface area contributed by atoms with E-state index < -0.39 is 29.4 Å². The molecular weight excluding hydrogens is 594 g/mol. The van der Waals surface area contributed by atoms with Crippen molar-refractivity contribution < 1.29 is 14.6 Å². The Morgan fingerprint density at radius 1 is 1.05 bits per heavy atom. The fraction of sp³-hybridized carbons (Fsp3) is 0.606. The molecule has 4 rings (SSSR count). The average Bonchev–Trinajstić information content (AvgIpc) is 3.33. The summed E-state index contributed by atoms with van der Waals surface area (Å²) in [7, 11) is 0. The number of hydrogen-bond donors (Lipinski definition) is 2. The Balaban J connectivity index is 1.76. The van der Waals surface area contributed by atoms with Crippen LogP contribution in [-0.2, 0) is 6.42 Å². The van der Waals surface area contributed by atoms with Gasteiger partial charge in [0, 0.05) is 0 Å². The van der Waals surface area contributed by atoms with Crippen LogP contribution < -0.4 is 0 Å². The molecule has 0 bridgehead atoms. The Morgan fingerprint density at radius 2 is 1.67 bits per heavy atom. The Labute approximate surface area is 239 Å². The summed E-state index contributed by atoms with van der Waals surface area (Å²) in [4.78, 5) is 0. The zero-order chi connectivity index (χ0) is 28.1. The normalized spacial score (nSPS) is 23.4. The molecule has 1 fully saturated rings. The van der Waals surface area contributed by atoms with E-state index in [4.69, 9.17) is 0 Å². The molecule has 6 heteroatoms. The quantitative estimate of drug-likeness (QED) is 0.217. The molecule has 0 radical (unpaired) electrons. The summed E-state index contributed by atoms with van der Waals surface area (Å²) in [6, 6.07) is 6.46. The number of rotatable bonds is 13. The Hall–Kier alpha value is -1.44. The van der Waals surface area contributed by atoms with Crippen LogP contribution in [0, 0.1) is 11.2 Å². The van der Waals surface area contributed by atoms with Crippen molar-refractivity contribution in [1.29, 1.82) is 0 Å². The molecule has 1 aromatic heterocycles. The summed E-state index contributed by atoms with van der Waals surface area (Å²) in [5.74, 6) is -0.257. The van der Waals surface area contributed by atoms with E-state index in [0.717, 1.165) is 36.2 Å². The maximum absolute atomic E-state index is 13.6. The number of aliphatic hydroxyl groups excluding tert-OH is 1. The van der Waals surface area contributed by atoms with Crippen molar-refractivity contribution in [2.75, 3.05) is 6.61 Å². The predicted molar refractivity (Wildman–Crippen MR) is 162 cm³/mol. The van der Waals surface area contributed by atoms with Crippen LogP contribution in [0.25, 0.3) is 11.8 Å². The molecule has 0 amide bonds. The van der Waals surface area contributed by atoms with Crippen molar-refractivity contribution in [2.24, 2.45) is 5.41 Å². The minimum atomic E-state index is -2.90. The van der Waals surface area contributed by atoms with Crippen LogP contribution >= 0.6 is 0 Å². The monoisotopic (exact) mass is 644 g/mol. The molecule has 0 spiro atoms. The van der Waals surface area contributed by atoms with E-state index in [1.807, 2.05) is 10.9 Å². The van der Waals surface area contributed by atoms with E-state index in [1.54, 1.807) is 12.1 Å². The number of benzene rings is 1. The zero-order valence-corrected chi connectivity index (χ0v) is 27.5. The number of nitrogens with zero attached hydrogens (tertiary/aromatic N) is 2. The van der Waals surface area contributed by atoms with Crippen LogP contribution in [0.5, 0.6) is 0 Å². The molecule has 0 unspecified atom stereocenters. The van der Waals surface area contributed by atoms with Gasteiger partial charge in [0.15, 0.2) is 0 Å². The Kier molecular flexibility index (Phi) is 10.2. The summed E-state index contributed by atoms with van der Waals surface area (Å²) in [6.45, 7) is 9.15. The number of aliphatic hydroxyl groups is 2. The molecule has 39 heavy (non-hydrogen) atoms. The third-order valence-electron chi connectivity index (χ3n) is 9.77. The summed E-state index contributed by atoms with van der Waals surface area (Å²) in [5.41, 5.74) is 2.82. The van der Waals surface area contributed by atoms with Crippen LogP contribution in [0.4, 0.5) is 4.39 Å². The van der Waals surface area contributed by atoms with Gasteiger partial charge in [0.1, 0.15) is 0 Å². The summed E-state index contributed by atoms with van der Waals surface area (Å²) >= 11 is -2.90. The van der Waals surface area contributed by atoms with E-state index in [9.17, 15) is 14.6 Å². The molecule has 2 N–H and O–H groups in total. The SMILES string of the molecule is CCC[CH2][Sn]([CH2]CCC)([CH2]CCC)/[C](=C/[C@]1(O)CCCC2=Cc3c(cnn3-c3ccc(F)cc3)C[C@@]21C)CO. The van der Waals surface area contributed by atoms with Crippen molar-refractivity contribution in [3.05, 3.63) is 62.8 Å². The number of fused-ring (bicyclic) bond motifs is 2. The van der Waals surface area contributed by atoms with Crippen molar-refractivity contribution in [2.45, 2.75) is 111 Å². The van der Waals surface area contributed by atoms with Crippen molar-refractivity contribution in [1.82, 2.24) is 9.78 Å². The van der Waals surface area contributed by atoms with Gasteiger partial charge in [0.05, 0.1) is 0 Å². The second-order valence-electron chi connectivity index (χ2n) is 12.3. The fourth-order valence-corrected chi connectivity index (χ4v) is 23.4. The first kappa shape index (κ1) is 30.5. The van der Waals surface area contributed by atoms with Crippen LogP contribution in [0.1, 0.15) is 96.7 Å². The second kappa shape index (κ2) is 13.0. The van der Waals surface area contributed by atoms with Crippen molar-refractivity contribution >= 4 is 24.5 Å². The van der Waals surface area contributed by atoms with E-state index >= 15 is 0 Å². The maximum atomic E-state index is 13.6. The van der Waals surface area contributed by atoms with Gasteiger partial charge in [0.25, 0.3) is 0 Å². The zero-order valence-electron chi connectivity index (χ0n) is 24.6. The standard InChI is InChI=1S/C21H22FN2O2.3C4H9.Sn/c1-20-13-15-14-23-24(18-7-5-17(22)6-8-18)19(15)12-16(20)4-2-9-21(20,26)10-3-11-25;3*1-3-4-2;/h5-8,10,12,14,25-26H,2,4,9,11,13H2,1H3;3*1,3-4H2,2H3;/t20-,21+;;;;/m0..../s1. The number of unbranched alkanes of at least 4 members (excludes halogenated alkanes) is 3. The predicted octanol–water partition coefficient (Wildman–Crippen LogP) is 8.18. The van der Waals surface area contributed by atoms with E-state index in [2.05, 4.69) is 44.9 Å². The average molecular weight is 643 g/mol. The van der Waals surface area contributed by atoms with Gasteiger partial charge in [-0.3, -0.25) is 0 Å². The van der Waals surface area contributed by atoms with Crippen LogP contribution in [0.2, 0.25) is 13.3 Å². The first-order valence-corrected chi connectivity index (χ1v) is 22.8. The molecule has 1 saturated carbocycles. The van der Waals surface area contributed by atoms with Gasteiger partial charge >= 0.3 is 236 Å². The molecule has 2 atom stereocenters. The van der Waals surface area contributed by atoms with Crippen LogP contribution in [0.3, 0.4) is 0 Å². The van der Waals surface area contributed by atoms with Crippen molar-refractivity contribution in [3.63, 3.8) is 0 Å². The minimum absolute atomic E-state index is 0.0956. The van der Waals surface area contributed by atoms with Gasteiger partial charge in [-0.1, -0.05) is 0 Å². The Bertz CT molecular complexity index is 1150. The molecule has 214 valence electrons. The van der Waals surface area contributed by atoms with Gasteiger partial charge in [-0.25, -0.2) is 4.39 Å². The molecule has 2 aliphatic rings. The second-order valence-corrected chi connectivity index (χ2v) is 25.7. The molecule has 2 aromatic rings. The van der Waals surface area contributed by atoms with Gasteiger partial charge in [-0.15, -0.1) is 0 Å². The van der Waals surface area contributed by atoms with Gasteiger partial charge in [-0.2, -0.15) is 0 Å². The third kappa shape index (κ3) is 6.11. The van der Waals surface area contributed by atoms with E-state index in [0.29, 0.717) is 6.42 Å². The summed E-state index contributed by atoms with van der Waals surface area (Å²) in [5, 5.41) is 28.2. The first-order chi connectivity index (χ1) is 18.8. The van der Waals surface area contributed by atoms with Crippen molar-refractivity contribution in [3.8, 4) is 5.69 Å². The summed E-state index contributed by atoms with van der Waals surface area (Å²) in [6.07, 6.45) is 16.9. The molecule has 0 saturated heterocycles. The first-order valence-electron chi connectivity index (χ1n) is 15.3.